The van der Waals surface area contributed by atoms with Crippen molar-refractivity contribution in [3.8, 4) is 39.7 Å². The Morgan fingerprint density at radius 1 is 0.643 bits per heavy atom. The van der Waals surface area contributed by atoms with Crippen molar-refractivity contribution in [1.29, 1.82) is 5.26 Å². The minimum atomic E-state index is -0.883. The molecule has 0 spiro atoms. The third-order valence-electron chi connectivity index (χ3n) is 4.46. The fraction of sp³-hybridized carbons (Fsp3) is 0. The van der Waals surface area contributed by atoms with Gasteiger partial charge in [-0.3, -0.25) is 0 Å². The summed E-state index contributed by atoms with van der Waals surface area (Å²) in [5, 5.41) is 9.11. The van der Waals surface area contributed by atoms with Crippen molar-refractivity contribution in [3.05, 3.63) is 102 Å². The number of halogens is 2. The first kappa shape index (κ1) is 17.6. The number of nitriles is 1. The quantitative estimate of drug-likeness (QED) is 0.430. The summed E-state index contributed by atoms with van der Waals surface area (Å²) in [5.41, 5.74) is 3.56. The molecule has 28 heavy (non-hydrogen) atoms. The van der Waals surface area contributed by atoms with E-state index in [4.69, 9.17) is 5.26 Å². The minimum absolute atomic E-state index is 0.0907. The van der Waals surface area contributed by atoms with Crippen LogP contribution in [0.25, 0.3) is 33.6 Å². The van der Waals surface area contributed by atoms with Crippen LogP contribution in [0.3, 0.4) is 0 Å². The summed E-state index contributed by atoms with van der Waals surface area (Å²) < 4.78 is 28.3. The Bertz CT molecular complexity index is 1120. The second kappa shape index (κ2) is 7.42. The van der Waals surface area contributed by atoms with Crippen molar-refractivity contribution in [2.45, 2.75) is 0 Å². The van der Waals surface area contributed by atoms with Crippen LogP contribution in [-0.2, 0) is 0 Å². The number of benzene rings is 3. The van der Waals surface area contributed by atoms with Crippen LogP contribution >= 0.6 is 0 Å². The van der Waals surface area contributed by atoms with E-state index in [1.54, 1.807) is 12.1 Å². The highest BCUT2D eigenvalue weighted by Crippen LogP contribution is 2.32. The zero-order valence-corrected chi connectivity index (χ0v) is 14.7. The molecule has 0 saturated carbocycles. The van der Waals surface area contributed by atoms with Crippen LogP contribution in [-0.4, -0.2) is 4.98 Å². The van der Waals surface area contributed by atoms with Crippen LogP contribution in [0.4, 0.5) is 8.78 Å². The highest BCUT2D eigenvalue weighted by molar-refractivity contribution is 5.77. The third-order valence-corrected chi connectivity index (χ3v) is 4.46. The van der Waals surface area contributed by atoms with Crippen molar-refractivity contribution in [3.63, 3.8) is 0 Å². The van der Waals surface area contributed by atoms with Gasteiger partial charge in [0.25, 0.3) is 0 Å². The Labute approximate surface area is 161 Å². The van der Waals surface area contributed by atoms with E-state index in [2.05, 4.69) is 4.98 Å². The molecular weight excluding hydrogens is 354 g/mol. The fourth-order valence-corrected chi connectivity index (χ4v) is 3.05. The smallest absolute Gasteiger partial charge is 0.143 e. The van der Waals surface area contributed by atoms with Crippen LogP contribution in [0.1, 0.15) is 5.56 Å². The Kier molecular flexibility index (Phi) is 4.65. The van der Waals surface area contributed by atoms with E-state index in [1.807, 2.05) is 66.7 Å². The Morgan fingerprint density at radius 3 is 1.89 bits per heavy atom. The lowest BCUT2D eigenvalue weighted by Crippen LogP contribution is -1.96. The standard InChI is InChI=1S/C24H14F2N2/c25-21-14-22(26)20(11-19(21)15-27)24-13-18(16-7-3-1-4-8-16)12-23(28-24)17-9-5-2-6-10-17/h1-14H. The summed E-state index contributed by atoms with van der Waals surface area (Å²) in [6.45, 7) is 0. The van der Waals surface area contributed by atoms with Gasteiger partial charge in [0.2, 0.25) is 0 Å². The van der Waals surface area contributed by atoms with Gasteiger partial charge in [0.15, 0.2) is 0 Å². The average Bonchev–Trinajstić information content (AvgIpc) is 2.75. The van der Waals surface area contributed by atoms with Gasteiger partial charge in [0.05, 0.1) is 17.0 Å². The molecule has 0 aliphatic heterocycles. The summed E-state index contributed by atoms with van der Waals surface area (Å²) in [6.07, 6.45) is 0. The average molecular weight is 368 g/mol. The summed E-state index contributed by atoms with van der Waals surface area (Å²) >= 11 is 0. The lowest BCUT2D eigenvalue weighted by atomic mass is 9.99. The van der Waals surface area contributed by atoms with Gasteiger partial charge in [-0.2, -0.15) is 5.26 Å². The molecule has 0 bridgehead atoms. The van der Waals surface area contributed by atoms with Gasteiger partial charge in [-0.05, 0) is 29.3 Å². The largest absolute Gasteiger partial charge is 0.248 e. The van der Waals surface area contributed by atoms with E-state index in [0.29, 0.717) is 11.4 Å². The molecular formula is C24H14F2N2. The maximum atomic E-state index is 14.5. The number of rotatable bonds is 3. The monoisotopic (exact) mass is 368 g/mol. The van der Waals surface area contributed by atoms with Crippen molar-refractivity contribution in [2.24, 2.45) is 0 Å². The van der Waals surface area contributed by atoms with E-state index < -0.39 is 11.6 Å². The van der Waals surface area contributed by atoms with Gasteiger partial charge in [0.1, 0.15) is 17.7 Å². The Morgan fingerprint density at radius 2 is 1.25 bits per heavy atom. The second-order valence-corrected chi connectivity index (χ2v) is 6.28. The molecule has 134 valence electrons. The molecule has 0 aliphatic rings. The first-order valence-corrected chi connectivity index (χ1v) is 8.68. The summed E-state index contributed by atoms with van der Waals surface area (Å²) in [6, 6.07) is 26.6. The minimum Gasteiger partial charge on any atom is -0.248 e. The van der Waals surface area contributed by atoms with Crippen molar-refractivity contribution in [1.82, 2.24) is 4.98 Å². The normalized spacial score (nSPS) is 10.5. The van der Waals surface area contributed by atoms with Crippen molar-refractivity contribution in [2.75, 3.05) is 0 Å². The molecule has 0 saturated heterocycles. The van der Waals surface area contributed by atoms with Gasteiger partial charge in [0, 0.05) is 17.2 Å². The molecule has 2 nitrogen and oxygen atoms in total. The molecule has 1 heterocycles. The zero-order chi connectivity index (χ0) is 19.5. The maximum Gasteiger partial charge on any atom is 0.143 e. The Hall–Kier alpha value is -3.84. The summed E-state index contributed by atoms with van der Waals surface area (Å²) in [5.74, 6) is -1.64. The topological polar surface area (TPSA) is 36.7 Å². The molecule has 1 aromatic heterocycles. The number of nitrogens with zero attached hydrogens (tertiary/aromatic N) is 2. The highest BCUT2D eigenvalue weighted by atomic mass is 19.1. The molecule has 0 fully saturated rings. The van der Waals surface area contributed by atoms with E-state index in [9.17, 15) is 8.78 Å². The van der Waals surface area contributed by atoms with Gasteiger partial charge < -0.3 is 0 Å². The SMILES string of the molecule is N#Cc1cc(-c2cc(-c3ccccc3)cc(-c3ccccc3)n2)c(F)cc1F. The van der Waals surface area contributed by atoms with Crippen LogP contribution in [0.5, 0.6) is 0 Å². The number of hydrogen-bond donors (Lipinski definition) is 0. The fourth-order valence-electron chi connectivity index (χ4n) is 3.05. The van der Waals surface area contributed by atoms with Gasteiger partial charge in [-0.25, -0.2) is 13.8 Å². The summed E-state index contributed by atoms with van der Waals surface area (Å²) in [7, 11) is 0. The van der Waals surface area contributed by atoms with E-state index in [1.165, 1.54) is 6.07 Å². The van der Waals surface area contributed by atoms with Gasteiger partial charge in [-0.15, -0.1) is 0 Å². The van der Waals surface area contributed by atoms with E-state index in [-0.39, 0.29) is 11.1 Å². The molecule has 4 rings (SSSR count). The number of pyridine rings is 1. The molecule has 4 aromatic rings. The molecule has 4 heteroatoms. The summed E-state index contributed by atoms with van der Waals surface area (Å²) in [4.78, 5) is 4.59. The maximum absolute atomic E-state index is 14.5. The Balaban J connectivity index is 1.97. The molecule has 3 aromatic carbocycles. The van der Waals surface area contributed by atoms with Crippen LogP contribution in [0.2, 0.25) is 0 Å². The molecule has 0 atom stereocenters. The van der Waals surface area contributed by atoms with Crippen molar-refractivity contribution < 1.29 is 8.78 Å². The third kappa shape index (κ3) is 3.38. The lowest BCUT2D eigenvalue weighted by molar-refractivity contribution is 0.583. The van der Waals surface area contributed by atoms with Gasteiger partial charge >= 0.3 is 0 Å². The van der Waals surface area contributed by atoms with Crippen LogP contribution < -0.4 is 0 Å². The molecule has 0 N–H and O–H groups in total. The first-order valence-electron chi connectivity index (χ1n) is 8.68. The second-order valence-electron chi connectivity index (χ2n) is 6.28. The van der Waals surface area contributed by atoms with Crippen LogP contribution in [0, 0.1) is 23.0 Å². The molecule has 0 amide bonds. The molecule has 0 radical (unpaired) electrons. The highest BCUT2D eigenvalue weighted by Gasteiger charge is 2.15. The van der Waals surface area contributed by atoms with E-state index in [0.717, 1.165) is 22.8 Å². The number of aromatic nitrogens is 1. The lowest BCUT2D eigenvalue weighted by Gasteiger charge is -2.11. The van der Waals surface area contributed by atoms with Gasteiger partial charge in [-0.1, -0.05) is 60.7 Å². The van der Waals surface area contributed by atoms with E-state index >= 15 is 0 Å². The molecule has 0 unspecified atom stereocenters. The zero-order valence-electron chi connectivity index (χ0n) is 14.7. The predicted octanol–water partition coefficient (Wildman–Crippen LogP) is 6.23. The molecule has 0 aliphatic carbocycles. The first-order chi connectivity index (χ1) is 13.7. The predicted molar refractivity (Wildman–Crippen MR) is 105 cm³/mol. The number of hydrogen-bond acceptors (Lipinski definition) is 2. The van der Waals surface area contributed by atoms with Crippen molar-refractivity contribution >= 4 is 0 Å². The van der Waals surface area contributed by atoms with Crippen LogP contribution in [0.15, 0.2) is 84.9 Å².